The molecule has 1 aromatic carbocycles. The van der Waals surface area contributed by atoms with Gasteiger partial charge in [0.1, 0.15) is 0 Å². The molecular weight excluding hydrogens is 351 g/mol. The topological polar surface area (TPSA) is 108 Å². The van der Waals surface area contributed by atoms with E-state index in [1.54, 1.807) is 0 Å². The Balaban J connectivity index is 2.64. The van der Waals surface area contributed by atoms with Crippen LogP contribution in [0.4, 0.5) is 5.69 Å². The zero-order valence-electron chi connectivity index (χ0n) is 9.86. The van der Waals surface area contributed by atoms with Crippen molar-refractivity contribution in [2.24, 2.45) is 10.00 Å². The molecule has 2 unspecified atom stereocenters. The van der Waals surface area contributed by atoms with E-state index in [1.165, 1.54) is 24.3 Å². The van der Waals surface area contributed by atoms with Crippen LogP contribution < -0.4 is 0 Å². The minimum absolute atomic E-state index is 0.0941. The van der Waals surface area contributed by atoms with Crippen LogP contribution in [0.2, 0.25) is 0 Å². The quantitative estimate of drug-likeness (QED) is 0.346. The number of non-ortho nitro benzene ring substituents is 1. The number of aliphatic hydroxyl groups is 2. The van der Waals surface area contributed by atoms with E-state index in [1.807, 2.05) is 0 Å². The molecule has 0 saturated carbocycles. The molecule has 0 amide bonds. The molecule has 0 radical (unpaired) electrons. The molecule has 0 aliphatic carbocycles. The van der Waals surface area contributed by atoms with Gasteiger partial charge in [-0.3, -0.25) is 0 Å². The van der Waals surface area contributed by atoms with Gasteiger partial charge in [0.05, 0.1) is 0 Å². The van der Waals surface area contributed by atoms with Crippen LogP contribution in [0.15, 0.2) is 34.3 Å². The maximum absolute atomic E-state index is 10.5. The number of hydrogen-bond acceptors (Lipinski definition) is 6. The molecule has 11 heteroatoms. The Hall–Kier alpha value is -0.560. The van der Waals surface area contributed by atoms with Crippen LogP contribution in [0, 0.1) is 10.1 Å². The van der Waals surface area contributed by atoms with Crippen LogP contribution in [0.5, 0.6) is 0 Å². The van der Waals surface area contributed by atoms with Gasteiger partial charge >= 0.3 is 129 Å². The van der Waals surface area contributed by atoms with Crippen molar-refractivity contribution in [1.82, 2.24) is 0 Å². The molecule has 0 aromatic heterocycles. The van der Waals surface area contributed by atoms with E-state index in [9.17, 15) is 20.3 Å². The number of nitro benzene ring substituents is 1. The van der Waals surface area contributed by atoms with E-state index >= 15 is 0 Å². The van der Waals surface area contributed by atoms with Crippen molar-refractivity contribution in [2.75, 3.05) is 0 Å². The van der Waals surface area contributed by atoms with Crippen molar-refractivity contribution in [3.8, 4) is 0 Å². The van der Waals surface area contributed by atoms with Crippen molar-refractivity contribution in [3.63, 3.8) is 0 Å². The van der Waals surface area contributed by atoms with E-state index in [2.05, 4.69) is 10.00 Å². The summed E-state index contributed by atoms with van der Waals surface area (Å²) in [6.07, 6.45) is -2.57. The second-order valence-corrected chi connectivity index (χ2v) is 11.6. The SMILES string of the molecule is O=[N+]([O-])c1ccc(C(O)CC(O)N=N[PH](Cl)(Cl)Cl)cc1. The van der Waals surface area contributed by atoms with Gasteiger partial charge in [-0.1, -0.05) is 0 Å². The van der Waals surface area contributed by atoms with Gasteiger partial charge in [0.15, 0.2) is 0 Å². The monoisotopic (exact) mass is 361 g/mol. The van der Waals surface area contributed by atoms with Crippen molar-refractivity contribution >= 4 is 44.9 Å². The van der Waals surface area contributed by atoms with Crippen LogP contribution in [0.3, 0.4) is 0 Å². The number of halogens is 3. The number of rotatable bonds is 6. The average Bonchev–Trinajstić information content (AvgIpc) is 2.35. The van der Waals surface area contributed by atoms with E-state index in [4.69, 9.17) is 33.7 Å². The van der Waals surface area contributed by atoms with Crippen LogP contribution in [-0.4, -0.2) is 21.4 Å². The van der Waals surface area contributed by atoms with E-state index in [-0.39, 0.29) is 12.1 Å². The number of nitrogens with zero attached hydrogens (tertiary/aromatic N) is 3. The van der Waals surface area contributed by atoms with Crippen molar-refractivity contribution < 1.29 is 15.1 Å². The van der Waals surface area contributed by atoms with Gasteiger partial charge in [-0.2, -0.15) is 0 Å². The molecule has 2 N–H and O–H groups in total. The molecule has 0 fully saturated rings. The third-order valence-corrected chi connectivity index (χ3v) is 3.25. The molecule has 0 aliphatic rings. The number of hydrogen-bond donors (Lipinski definition) is 2. The van der Waals surface area contributed by atoms with Gasteiger partial charge < -0.3 is 0 Å². The summed E-state index contributed by atoms with van der Waals surface area (Å²) in [7, 11) is 0. The van der Waals surface area contributed by atoms with Gasteiger partial charge in [-0.25, -0.2) is 0 Å². The molecule has 20 heavy (non-hydrogen) atoms. The third-order valence-electron chi connectivity index (χ3n) is 2.23. The normalized spacial score (nSPS) is 16.1. The molecule has 1 rings (SSSR count). The summed E-state index contributed by atoms with van der Waals surface area (Å²) in [5.41, 5.74) is -3.01. The maximum atomic E-state index is 10.5. The van der Waals surface area contributed by atoms with Crippen LogP contribution >= 0.6 is 39.2 Å². The minimum atomic E-state index is -3.31. The molecular formula is C9H11Cl3N3O4P. The second kappa shape index (κ2) is 7.45. The fourth-order valence-corrected chi connectivity index (χ4v) is 1.99. The molecule has 2 atom stereocenters. The first-order valence-corrected chi connectivity index (χ1v) is 10.3. The molecule has 1 aromatic rings. The van der Waals surface area contributed by atoms with E-state index < -0.39 is 22.7 Å². The van der Waals surface area contributed by atoms with Gasteiger partial charge in [0.25, 0.3) is 0 Å². The van der Waals surface area contributed by atoms with E-state index in [0.717, 1.165) is 0 Å². The Morgan fingerprint density at radius 1 is 1.25 bits per heavy atom. The van der Waals surface area contributed by atoms with Gasteiger partial charge in [-0.05, 0) is 0 Å². The van der Waals surface area contributed by atoms with Gasteiger partial charge in [-0.15, -0.1) is 0 Å². The predicted octanol–water partition coefficient (Wildman–Crippen LogP) is 3.92. The summed E-state index contributed by atoms with van der Waals surface area (Å²) in [6, 6.07) is 5.27. The average molecular weight is 363 g/mol. The Morgan fingerprint density at radius 2 is 1.80 bits per heavy atom. The van der Waals surface area contributed by atoms with Crippen molar-refractivity contribution in [1.29, 1.82) is 0 Å². The third kappa shape index (κ3) is 6.26. The summed E-state index contributed by atoms with van der Waals surface area (Å²) < 4.78 is 0. The molecule has 112 valence electrons. The summed E-state index contributed by atoms with van der Waals surface area (Å²) in [5, 5.41) is 33.2. The Kier molecular flexibility index (Phi) is 6.51. The van der Waals surface area contributed by atoms with Crippen molar-refractivity contribution in [3.05, 3.63) is 39.9 Å². The fraction of sp³-hybridized carbons (Fsp3) is 0.333. The molecule has 0 heterocycles. The predicted molar refractivity (Wildman–Crippen MR) is 79.4 cm³/mol. The Bertz CT molecular complexity index is 494. The standard InChI is InChI=1S/C9H11Cl3N3O4P/c10-20(11,12)14-13-9(17)5-8(16)6-1-3-7(4-2-6)15(18)19/h1-4,8-9,16-17,20H,5H2. The van der Waals surface area contributed by atoms with Crippen LogP contribution in [-0.2, 0) is 0 Å². The van der Waals surface area contributed by atoms with E-state index in [0.29, 0.717) is 5.56 Å². The first kappa shape index (κ1) is 17.5. The zero-order chi connectivity index (χ0) is 15.3. The summed E-state index contributed by atoms with van der Waals surface area (Å²) in [4.78, 5) is 13.3. The molecule has 7 nitrogen and oxygen atoms in total. The molecule has 0 spiro atoms. The van der Waals surface area contributed by atoms with Crippen LogP contribution in [0.25, 0.3) is 0 Å². The molecule has 0 aliphatic heterocycles. The second-order valence-electron chi connectivity index (χ2n) is 3.76. The van der Waals surface area contributed by atoms with Gasteiger partial charge in [0, 0.05) is 0 Å². The Morgan fingerprint density at radius 3 is 2.25 bits per heavy atom. The first-order valence-electron chi connectivity index (χ1n) is 5.28. The summed E-state index contributed by atoms with van der Waals surface area (Å²) in [5.74, 6) is 0. The zero-order valence-corrected chi connectivity index (χ0v) is 13.1. The Labute approximate surface area is 129 Å². The molecule has 0 saturated heterocycles. The summed E-state index contributed by atoms with van der Waals surface area (Å²) >= 11 is 16.3. The van der Waals surface area contributed by atoms with Gasteiger partial charge in [0.2, 0.25) is 0 Å². The fourth-order valence-electron chi connectivity index (χ4n) is 1.33. The number of aliphatic hydroxyl groups excluding tert-OH is 2. The first-order chi connectivity index (χ1) is 9.19. The number of benzene rings is 1. The summed E-state index contributed by atoms with van der Waals surface area (Å²) in [6.45, 7) is 0. The molecule has 0 bridgehead atoms. The number of nitro groups is 1. The van der Waals surface area contributed by atoms with Crippen molar-refractivity contribution in [2.45, 2.75) is 18.8 Å². The van der Waals surface area contributed by atoms with Crippen LogP contribution in [0.1, 0.15) is 18.1 Å².